The van der Waals surface area contributed by atoms with Crippen molar-refractivity contribution in [3.8, 4) is 0 Å². The Bertz CT molecular complexity index is 417. The Balaban J connectivity index is 0.000000771. The van der Waals surface area contributed by atoms with Crippen LogP contribution < -0.4 is 0 Å². The fourth-order valence-corrected chi connectivity index (χ4v) is 1.69. The van der Waals surface area contributed by atoms with Crippen LogP contribution in [0, 0.1) is 10.8 Å². The minimum absolute atomic E-state index is 0.0493. The van der Waals surface area contributed by atoms with E-state index in [9.17, 15) is 0 Å². The van der Waals surface area contributed by atoms with Gasteiger partial charge in [-0.1, -0.05) is 59.8 Å². The van der Waals surface area contributed by atoms with Crippen LogP contribution in [-0.2, 0) is 0 Å². The first kappa shape index (κ1) is 14.6. The predicted octanol–water partition coefficient (Wildman–Crippen LogP) is 4.60. The second-order valence-corrected chi connectivity index (χ2v) is 5.56. The highest BCUT2D eigenvalue weighted by atomic mass is 14.8. The number of fused-ring (bicyclic) bond motifs is 1. The van der Waals surface area contributed by atoms with Gasteiger partial charge in [-0.3, -0.25) is 0 Å². The molecule has 1 unspecified atom stereocenters. The molecule has 1 heterocycles. The van der Waals surface area contributed by atoms with Gasteiger partial charge in [-0.2, -0.15) is 0 Å². The van der Waals surface area contributed by atoms with Crippen molar-refractivity contribution in [1.29, 1.82) is 0 Å². The summed E-state index contributed by atoms with van der Waals surface area (Å²) in [7, 11) is 0. The Hall–Kier alpha value is -1.44. The van der Waals surface area contributed by atoms with Crippen LogP contribution in [0.2, 0.25) is 0 Å². The molecule has 18 heavy (non-hydrogen) atoms. The molecular weight excluding hydrogens is 220 g/mol. The van der Waals surface area contributed by atoms with Gasteiger partial charge in [-0.15, -0.1) is 0 Å². The summed E-state index contributed by atoms with van der Waals surface area (Å²) in [6, 6.07) is 0. The van der Waals surface area contributed by atoms with E-state index in [-0.39, 0.29) is 10.8 Å². The molecule has 0 radical (unpaired) electrons. The lowest BCUT2D eigenvalue weighted by molar-refractivity contribution is 0.230. The van der Waals surface area contributed by atoms with Crippen LogP contribution in [0.15, 0.2) is 24.7 Å². The number of aromatic nitrogens is 2. The summed E-state index contributed by atoms with van der Waals surface area (Å²) < 4.78 is 0. The van der Waals surface area contributed by atoms with E-state index in [1.54, 1.807) is 6.33 Å². The van der Waals surface area contributed by atoms with E-state index in [1.165, 1.54) is 0 Å². The van der Waals surface area contributed by atoms with Crippen LogP contribution in [0.4, 0.5) is 0 Å². The number of hydrogen-bond donors (Lipinski definition) is 0. The quantitative estimate of drug-likeness (QED) is 0.666. The number of rotatable bonds is 0. The van der Waals surface area contributed by atoms with Crippen LogP contribution in [0.1, 0.15) is 52.8 Å². The molecule has 0 bridgehead atoms. The summed E-state index contributed by atoms with van der Waals surface area (Å²) in [5, 5.41) is 0. The van der Waals surface area contributed by atoms with E-state index < -0.39 is 0 Å². The van der Waals surface area contributed by atoms with Gasteiger partial charge < -0.3 is 0 Å². The molecule has 0 saturated heterocycles. The van der Waals surface area contributed by atoms with Crippen molar-refractivity contribution in [2.75, 3.05) is 0 Å². The number of allylic oxidation sites excluding steroid dienone is 2. The van der Waals surface area contributed by atoms with Gasteiger partial charge in [-0.25, -0.2) is 9.97 Å². The molecule has 2 heteroatoms. The predicted molar refractivity (Wildman–Crippen MR) is 79.0 cm³/mol. The maximum absolute atomic E-state index is 4.28. The maximum atomic E-state index is 4.28. The largest absolute Gasteiger partial charge is 0.244 e. The molecule has 0 aromatic carbocycles. The van der Waals surface area contributed by atoms with Crippen molar-refractivity contribution in [3.63, 3.8) is 0 Å². The van der Waals surface area contributed by atoms with Gasteiger partial charge in [0.1, 0.15) is 6.33 Å². The summed E-state index contributed by atoms with van der Waals surface area (Å²) >= 11 is 0. The molecule has 1 aliphatic carbocycles. The minimum Gasteiger partial charge on any atom is -0.244 e. The van der Waals surface area contributed by atoms with Crippen molar-refractivity contribution in [2.24, 2.45) is 10.8 Å². The average Bonchev–Trinajstić information content (AvgIpc) is 2.53. The lowest BCUT2D eigenvalue weighted by Gasteiger charge is -2.36. The smallest absolute Gasteiger partial charge is 0.116 e. The lowest BCUT2D eigenvalue weighted by Crippen LogP contribution is -2.28. The fourth-order valence-electron chi connectivity index (χ4n) is 1.69. The van der Waals surface area contributed by atoms with E-state index in [0.29, 0.717) is 0 Å². The van der Waals surface area contributed by atoms with Gasteiger partial charge in [0.05, 0.1) is 5.69 Å². The highest BCUT2D eigenvalue weighted by Crippen LogP contribution is 2.43. The molecular formula is C16H24N2. The van der Waals surface area contributed by atoms with Crippen LogP contribution in [-0.4, -0.2) is 9.97 Å². The van der Waals surface area contributed by atoms with E-state index in [0.717, 1.165) is 11.3 Å². The molecule has 0 saturated carbocycles. The summed E-state index contributed by atoms with van der Waals surface area (Å²) in [4.78, 5) is 8.33. The number of nitrogens with zero attached hydrogens (tertiary/aromatic N) is 2. The molecule has 0 N–H and O–H groups in total. The van der Waals surface area contributed by atoms with Crippen molar-refractivity contribution >= 4 is 12.2 Å². The SMILES string of the molecule is CC.CC(C)(C)C1(C)C=Cc2cncnc2C=C1. The van der Waals surface area contributed by atoms with Gasteiger partial charge in [0.15, 0.2) is 0 Å². The summed E-state index contributed by atoms with van der Waals surface area (Å²) in [5.74, 6) is 0. The van der Waals surface area contributed by atoms with E-state index in [2.05, 4.69) is 62.0 Å². The molecule has 0 spiro atoms. The Morgan fingerprint density at radius 2 is 1.67 bits per heavy atom. The molecule has 0 amide bonds. The Kier molecular flexibility index (Phi) is 4.44. The zero-order valence-electron chi connectivity index (χ0n) is 12.4. The maximum Gasteiger partial charge on any atom is 0.116 e. The third kappa shape index (κ3) is 2.87. The Labute approximate surface area is 111 Å². The first-order valence-electron chi connectivity index (χ1n) is 6.61. The van der Waals surface area contributed by atoms with Gasteiger partial charge in [0.2, 0.25) is 0 Å². The first-order valence-corrected chi connectivity index (χ1v) is 6.61. The van der Waals surface area contributed by atoms with Crippen molar-refractivity contribution < 1.29 is 0 Å². The molecule has 98 valence electrons. The Morgan fingerprint density at radius 1 is 1.06 bits per heavy atom. The van der Waals surface area contributed by atoms with Crippen molar-refractivity contribution in [2.45, 2.75) is 41.5 Å². The zero-order valence-corrected chi connectivity index (χ0v) is 12.4. The van der Waals surface area contributed by atoms with Crippen molar-refractivity contribution in [3.05, 3.63) is 35.9 Å². The van der Waals surface area contributed by atoms with Gasteiger partial charge in [0.25, 0.3) is 0 Å². The van der Waals surface area contributed by atoms with Gasteiger partial charge in [-0.05, 0) is 11.5 Å². The van der Waals surface area contributed by atoms with E-state index in [4.69, 9.17) is 0 Å². The zero-order chi connectivity index (χ0) is 13.8. The minimum atomic E-state index is 0.0493. The molecule has 1 aliphatic rings. The fraction of sp³-hybridized carbons (Fsp3) is 0.500. The second kappa shape index (κ2) is 5.47. The number of hydrogen-bond acceptors (Lipinski definition) is 2. The van der Waals surface area contributed by atoms with Gasteiger partial charge in [0, 0.05) is 17.2 Å². The van der Waals surface area contributed by atoms with Crippen LogP contribution in [0.5, 0.6) is 0 Å². The summed E-state index contributed by atoms with van der Waals surface area (Å²) in [6.45, 7) is 13.0. The van der Waals surface area contributed by atoms with Gasteiger partial charge >= 0.3 is 0 Å². The second-order valence-electron chi connectivity index (χ2n) is 5.56. The molecule has 1 aromatic heterocycles. The van der Waals surface area contributed by atoms with Crippen molar-refractivity contribution in [1.82, 2.24) is 9.97 Å². The highest BCUT2D eigenvalue weighted by molar-refractivity contribution is 5.65. The first-order chi connectivity index (χ1) is 8.42. The highest BCUT2D eigenvalue weighted by Gasteiger charge is 2.33. The molecule has 0 fully saturated rings. The Morgan fingerprint density at radius 3 is 2.28 bits per heavy atom. The third-order valence-electron chi connectivity index (χ3n) is 3.59. The van der Waals surface area contributed by atoms with E-state index in [1.807, 2.05) is 20.0 Å². The lowest BCUT2D eigenvalue weighted by atomic mass is 9.68. The van der Waals surface area contributed by atoms with Crippen LogP contribution in [0.25, 0.3) is 12.2 Å². The molecule has 1 aromatic rings. The molecule has 2 nitrogen and oxygen atoms in total. The standard InChI is InChI=1S/C14H18N2.C2H6/c1-13(2,3)14(4)7-5-11-9-15-10-16-12(11)6-8-14;1-2/h5-10H,1-4H3;1-2H3. The summed E-state index contributed by atoms with van der Waals surface area (Å²) in [6.07, 6.45) is 12.2. The molecule has 2 rings (SSSR count). The van der Waals surface area contributed by atoms with Crippen LogP contribution in [0.3, 0.4) is 0 Å². The third-order valence-corrected chi connectivity index (χ3v) is 3.59. The summed E-state index contributed by atoms with van der Waals surface area (Å²) in [5.41, 5.74) is 2.33. The monoisotopic (exact) mass is 244 g/mol. The van der Waals surface area contributed by atoms with Crippen LogP contribution >= 0.6 is 0 Å². The average molecular weight is 244 g/mol. The molecule has 1 atom stereocenters. The topological polar surface area (TPSA) is 25.8 Å². The molecule has 0 aliphatic heterocycles. The normalized spacial score (nSPS) is 21.7. The van der Waals surface area contributed by atoms with E-state index >= 15 is 0 Å².